The van der Waals surface area contributed by atoms with Crippen LogP contribution in [0, 0.1) is 0 Å². The number of hydrogen-bond donors (Lipinski definition) is 1. The molecular weight excluding hydrogens is 468 g/mol. The summed E-state index contributed by atoms with van der Waals surface area (Å²) in [6, 6.07) is 7.35. The fourth-order valence-corrected chi connectivity index (χ4v) is 4.41. The van der Waals surface area contributed by atoms with Crippen molar-refractivity contribution in [2.45, 2.75) is 13.5 Å². The summed E-state index contributed by atoms with van der Waals surface area (Å²) in [5.74, 6) is -0.233. The minimum atomic E-state index is -0.326. The Morgan fingerprint density at radius 2 is 1.94 bits per heavy atom. The third-order valence-corrected chi connectivity index (χ3v) is 6.39. The standard InChI is InChI=1S/C24H28N6O4S/c1-17(31)29-8-10-30(11-9-29)18-5-6-20(26-14-18)23(32)28-24-27-22(16-35-24)19-4-3-7-25-21(19)15-34-13-12-33-2/h3-7,14,16H,8-13,15H2,1-2H3,(H,27,28,32). The number of aromatic nitrogens is 3. The molecule has 1 aliphatic rings. The smallest absolute Gasteiger partial charge is 0.276 e. The average molecular weight is 497 g/mol. The van der Waals surface area contributed by atoms with Crippen molar-refractivity contribution in [1.29, 1.82) is 0 Å². The molecule has 0 spiro atoms. The van der Waals surface area contributed by atoms with Crippen LogP contribution in [0.1, 0.15) is 23.1 Å². The lowest BCUT2D eigenvalue weighted by atomic mass is 10.1. The number of rotatable bonds is 9. The molecule has 4 heterocycles. The van der Waals surface area contributed by atoms with Gasteiger partial charge in [0.2, 0.25) is 5.91 Å². The first-order valence-corrected chi connectivity index (χ1v) is 12.2. The highest BCUT2D eigenvalue weighted by molar-refractivity contribution is 7.14. The van der Waals surface area contributed by atoms with Crippen LogP contribution in [0.15, 0.2) is 42.0 Å². The number of anilines is 2. The molecule has 0 radical (unpaired) electrons. The van der Waals surface area contributed by atoms with Gasteiger partial charge in [-0.05, 0) is 24.3 Å². The van der Waals surface area contributed by atoms with Crippen molar-refractivity contribution in [3.63, 3.8) is 0 Å². The van der Waals surface area contributed by atoms with Crippen LogP contribution in [0.5, 0.6) is 0 Å². The first kappa shape index (κ1) is 24.7. The van der Waals surface area contributed by atoms with Crippen molar-refractivity contribution >= 4 is 34.0 Å². The van der Waals surface area contributed by atoms with Crippen LogP contribution in [0.2, 0.25) is 0 Å². The highest BCUT2D eigenvalue weighted by Gasteiger charge is 2.20. The van der Waals surface area contributed by atoms with Crippen LogP contribution in [0.25, 0.3) is 11.3 Å². The van der Waals surface area contributed by atoms with E-state index in [9.17, 15) is 9.59 Å². The van der Waals surface area contributed by atoms with Crippen LogP contribution < -0.4 is 10.2 Å². The molecule has 1 N–H and O–H groups in total. The van der Waals surface area contributed by atoms with E-state index in [4.69, 9.17) is 9.47 Å². The number of nitrogens with one attached hydrogen (secondary N) is 1. The highest BCUT2D eigenvalue weighted by Crippen LogP contribution is 2.27. The zero-order valence-electron chi connectivity index (χ0n) is 19.8. The number of thiazole rings is 1. The summed E-state index contributed by atoms with van der Waals surface area (Å²) in [5, 5.41) is 5.18. The quantitative estimate of drug-likeness (QED) is 0.451. The van der Waals surface area contributed by atoms with Crippen LogP contribution in [-0.2, 0) is 20.9 Å². The van der Waals surface area contributed by atoms with Gasteiger partial charge in [0.25, 0.3) is 5.91 Å². The fourth-order valence-electron chi connectivity index (χ4n) is 3.70. The first-order valence-electron chi connectivity index (χ1n) is 11.3. The van der Waals surface area contributed by atoms with Gasteiger partial charge in [0.15, 0.2) is 5.13 Å². The summed E-state index contributed by atoms with van der Waals surface area (Å²) in [4.78, 5) is 41.5. The molecule has 184 valence electrons. The molecule has 1 saturated heterocycles. The third-order valence-electron chi connectivity index (χ3n) is 5.63. The number of hydrogen-bond acceptors (Lipinski definition) is 9. The topological polar surface area (TPSA) is 110 Å². The molecule has 10 nitrogen and oxygen atoms in total. The number of carbonyl (C=O) groups is 2. The van der Waals surface area contributed by atoms with Gasteiger partial charge in [-0.15, -0.1) is 11.3 Å². The van der Waals surface area contributed by atoms with Crippen LogP contribution >= 0.6 is 11.3 Å². The van der Waals surface area contributed by atoms with E-state index in [1.54, 1.807) is 32.5 Å². The van der Waals surface area contributed by atoms with Gasteiger partial charge in [-0.1, -0.05) is 0 Å². The van der Waals surface area contributed by atoms with E-state index in [-0.39, 0.29) is 11.8 Å². The predicted molar refractivity (Wildman–Crippen MR) is 134 cm³/mol. The number of ether oxygens (including phenoxy) is 2. The molecule has 0 atom stereocenters. The van der Waals surface area contributed by atoms with Gasteiger partial charge in [0.1, 0.15) is 5.69 Å². The summed E-state index contributed by atoms with van der Waals surface area (Å²) in [7, 11) is 1.63. The normalized spacial score (nSPS) is 13.7. The van der Waals surface area contributed by atoms with E-state index < -0.39 is 0 Å². The summed E-state index contributed by atoms with van der Waals surface area (Å²) < 4.78 is 10.6. The number of methoxy groups -OCH3 is 1. The summed E-state index contributed by atoms with van der Waals surface area (Å²) in [6.45, 7) is 5.77. The average Bonchev–Trinajstić information content (AvgIpc) is 3.35. The van der Waals surface area contributed by atoms with Crippen molar-refractivity contribution in [2.75, 3.05) is 56.7 Å². The Kier molecular flexibility index (Phi) is 8.35. The Labute approximate surface area is 207 Å². The molecular formula is C24H28N6O4S. The van der Waals surface area contributed by atoms with Gasteiger partial charge >= 0.3 is 0 Å². The fraction of sp³-hybridized carbons (Fsp3) is 0.375. The zero-order chi connectivity index (χ0) is 24.6. The Bertz CT molecular complexity index is 1140. The molecule has 3 aromatic rings. The second kappa shape index (κ2) is 11.8. The second-order valence-corrected chi connectivity index (χ2v) is 8.79. The Hall–Kier alpha value is -3.41. The molecule has 1 fully saturated rings. The molecule has 0 bridgehead atoms. The van der Waals surface area contributed by atoms with Gasteiger partial charge in [-0.25, -0.2) is 9.97 Å². The monoisotopic (exact) mass is 496 g/mol. The SMILES string of the molecule is COCCOCc1ncccc1-c1csc(NC(=O)c2ccc(N3CCN(C(C)=O)CC3)cn2)n1. The Balaban J connectivity index is 1.36. The molecule has 1 aliphatic heterocycles. The molecule has 4 rings (SSSR count). The lowest BCUT2D eigenvalue weighted by Crippen LogP contribution is -2.48. The van der Waals surface area contributed by atoms with Crippen molar-refractivity contribution in [2.24, 2.45) is 0 Å². The number of piperazine rings is 1. The molecule has 11 heteroatoms. The number of pyridine rings is 2. The molecule has 3 aromatic heterocycles. The predicted octanol–water partition coefficient (Wildman–Crippen LogP) is 2.68. The van der Waals surface area contributed by atoms with Gasteiger partial charge in [0, 0.05) is 57.4 Å². The van der Waals surface area contributed by atoms with Gasteiger partial charge in [-0.2, -0.15) is 0 Å². The number of amides is 2. The molecule has 0 aliphatic carbocycles. The molecule has 0 unspecified atom stereocenters. The van der Waals surface area contributed by atoms with E-state index in [1.807, 2.05) is 28.5 Å². The van der Waals surface area contributed by atoms with E-state index in [2.05, 4.69) is 25.2 Å². The molecule has 0 saturated carbocycles. The minimum Gasteiger partial charge on any atom is -0.382 e. The van der Waals surface area contributed by atoms with Crippen LogP contribution in [0.4, 0.5) is 10.8 Å². The Morgan fingerprint density at radius 3 is 2.66 bits per heavy atom. The Morgan fingerprint density at radius 1 is 1.11 bits per heavy atom. The maximum atomic E-state index is 12.7. The summed E-state index contributed by atoms with van der Waals surface area (Å²) >= 11 is 1.34. The largest absolute Gasteiger partial charge is 0.382 e. The molecule has 2 amide bonds. The molecule has 0 aromatic carbocycles. The van der Waals surface area contributed by atoms with Crippen molar-refractivity contribution in [3.8, 4) is 11.3 Å². The lowest BCUT2D eigenvalue weighted by Gasteiger charge is -2.35. The lowest BCUT2D eigenvalue weighted by molar-refractivity contribution is -0.129. The first-order chi connectivity index (χ1) is 17.0. The van der Waals surface area contributed by atoms with Crippen LogP contribution in [0.3, 0.4) is 0 Å². The number of carbonyl (C=O) groups excluding carboxylic acids is 2. The summed E-state index contributed by atoms with van der Waals surface area (Å²) in [6.07, 6.45) is 3.41. The summed E-state index contributed by atoms with van der Waals surface area (Å²) in [5.41, 5.74) is 3.58. The van der Waals surface area contributed by atoms with E-state index in [0.717, 1.165) is 35.7 Å². The maximum Gasteiger partial charge on any atom is 0.276 e. The van der Waals surface area contributed by atoms with Crippen molar-refractivity contribution in [3.05, 3.63) is 53.4 Å². The van der Waals surface area contributed by atoms with Gasteiger partial charge in [-0.3, -0.25) is 19.9 Å². The third kappa shape index (κ3) is 6.38. The van der Waals surface area contributed by atoms with E-state index in [0.29, 0.717) is 43.7 Å². The zero-order valence-corrected chi connectivity index (χ0v) is 20.6. The van der Waals surface area contributed by atoms with Gasteiger partial charge in [0.05, 0.1) is 43.1 Å². The maximum absolute atomic E-state index is 12.7. The number of nitrogens with zero attached hydrogens (tertiary/aromatic N) is 5. The van der Waals surface area contributed by atoms with Gasteiger partial charge < -0.3 is 19.3 Å². The minimum absolute atomic E-state index is 0.0929. The second-order valence-electron chi connectivity index (χ2n) is 7.93. The van der Waals surface area contributed by atoms with Crippen LogP contribution in [-0.4, -0.2) is 78.2 Å². The van der Waals surface area contributed by atoms with Crippen molar-refractivity contribution in [1.82, 2.24) is 19.9 Å². The highest BCUT2D eigenvalue weighted by atomic mass is 32.1. The van der Waals surface area contributed by atoms with Crippen molar-refractivity contribution < 1.29 is 19.1 Å². The molecule has 35 heavy (non-hydrogen) atoms. The van der Waals surface area contributed by atoms with E-state index in [1.165, 1.54) is 11.3 Å². The van der Waals surface area contributed by atoms with E-state index >= 15 is 0 Å².